The van der Waals surface area contributed by atoms with E-state index in [1.165, 1.54) is 24.8 Å². The smallest absolute Gasteiger partial charge is 0.315 e. The lowest BCUT2D eigenvalue weighted by Gasteiger charge is -2.24. The first-order valence-corrected chi connectivity index (χ1v) is 12.1. The Labute approximate surface area is 194 Å². The van der Waals surface area contributed by atoms with Crippen molar-refractivity contribution in [3.8, 4) is 0 Å². The molecule has 2 saturated heterocycles. The summed E-state index contributed by atoms with van der Waals surface area (Å²) in [5, 5.41) is 14.9. The van der Waals surface area contributed by atoms with E-state index < -0.39 is 0 Å². The number of benzene rings is 1. The Kier molecular flexibility index (Phi) is 6.89. The maximum atomic E-state index is 12.5. The van der Waals surface area contributed by atoms with Crippen LogP contribution in [0.4, 0.5) is 4.79 Å². The molecule has 1 aliphatic carbocycles. The summed E-state index contributed by atoms with van der Waals surface area (Å²) >= 11 is 0. The highest BCUT2D eigenvalue weighted by Crippen LogP contribution is 2.34. The summed E-state index contributed by atoms with van der Waals surface area (Å²) in [4.78, 5) is 14.7. The molecule has 3 heterocycles. The third kappa shape index (κ3) is 5.37. The van der Waals surface area contributed by atoms with E-state index in [0.717, 1.165) is 25.1 Å². The fraction of sp³-hybridized carbons (Fsp3) is 0.625. The number of nitrogens with zero attached hydrogens (tertiary/aromatic N) is 4. The maximum absolute atomic E-state index is 12.5. The number of hydrogen-bond acceptors (Lipinski definition) is 6. The molecule has 178 valence electrons. The second-order valence-corrected chi connectivity index (χ2v) is 9.57. The molecule has 2 amide bonds. The highest BCUT2D eigenvalue weighted by molar-refractivity contribution is 5.74. The molecule has 0 spiro atoms. The Balaban J connectivity index is 1.13. The largest absolute Gasteiger partial charge is 0.371 e. The Hall–Kier alpha value is -2.49. The van der Waals surface area contributed by atoms with Gasteiger partial charge in [0.2, 0.25) is 0 Å². The van der Waals surface area contributed by atoms with Crippen LogP contribution in [0.25, 0.3) is 0 Å². The molecule has 2 N–H and O–H groups in total. The monoisotopic (exact) mass is 454 g/mol. The molecular weight excluding hydrogens is 420 g/mol. The highest BCUT2D eigenvalue weighted by atomic mass is 16.6. The molecule has 5 rings (SSSR count). The SMILES string of the molecule is CN(Cc1ccccc1)Cc1cn([C@@H]2CO[C@@H]3[C@@H]2OC[C@@H]3NC(=O)NC2CCCCC2)nn1. The molecule has 0 unspecified atom stereocenters. The van der Waals surface area contributed by atoms with Crippen molar-refractivity contribution >= 4 is 6.03 Å². The lowest BCUT2D eigenvalue weighted by molar-refractivity contribution is 0.0622. The first-order valence-electron chi connectivity index (χ1n) is 12.1. The van der Waals surface area contributed by atoms with Gasteiger partial charge in [0.05, 0.1) is 31.1 Å². The molecule has 3 fully saturated rings. The normalized spacial score (nSPS) is 27.6. The van der Waals surface area contributed by atoms with E-state index in [4.69, 9.17) is 9.47 Å². The van der Waals surface area contributed by atoms with Crippen molar-refractivity contribution in [3.05, 3.63) is 47.8 Å². The van der Waals surface area contributed by atoms with Gasteiger partial charge in [-0.05, 0) is 25.5 Å². The third-order valence-corrected chi connectivity index (χ3v) is 6.91. The van der Waals surface area contributed by atoms with Gasteiger partial charge in [-0.2, -0.15) is 0 Å². The number of amides is 2. The van der Waals surface area contributed by atoms with Crippen LogP contribution in [0.15, 0.2) is 36.5 Å². The molecule has 1 saturated carbocycles. The van der Waals surface area contributed by atoms with E-state index in [1.54, 1.807) is 0 Å². The molecule has 0 radical (unpaired) electrons. The zero-order valence-electron chi connectivity index (χ0n) is 19.2. The summed E-state index contributed by atoms with van der Waals surface area (Å²) in [6.07, 6.45) is 7.45. The van der Waals surface area contributed by atoms with E-state index in [9.17, 15) is 4.79 Å². The molecule has 33 heavy (non-hydrogen) atoms. The Bertz CT molecular complexity index is 916. The fourth-order valence-corrected chi connectivity index (χ4v) is 5.25. The van der Waals surface area contributed by atoms with E-state index in [1.807, 2.05) is 16.9 Å². The predicted octanol–water partition coefficient (Wildman–Crippen LogP) is 2.25. The van der Waals surface area contributed by atoms with Gasteiger partial charge >= 0.3 is 6.03 Å². The number of fused-ring (bicyclic) bond motifs is 1. The molecule has 4 atom stereocenters. The molecular formula is C24H34N6O3. The minimum Gasteiger partial charge on any atom is -0.371 e. The topological polar surface area (TPSA) is 93.5 Å². The number of hydrogen-bond donors (Lipinski definition) is 2. The minimum absolute atomic E-state index is 0.0381. The van der Waals surface area contributed by atoms with E-state index in [-0.39, 0.29) is 36.4 Å². The van der Waals surface area contributed by atoms with Crippen molar-refractivity contribution in [2.24, 2.45) is 0 Å². The van der Waals surface area contributed by atoms with E-state index >= 15 is 0 Å². The van der Waals surface area contributed by atoms with Gasteiger partial charge in [0.25, 0.3) is 0 Å². The molecule has 2 aliphatic heterocycles. The Morgan fingerprint density at radius 1 is 1.06 bits per heavy atom. The minimum atomic E-state index is -0.166. The number of carbonyl (C=O) groups is 1. The molecule has 9 nitrogen and oxygen atoms in total. The molecule has 1 aromatic carbocycles. The summed E-state index contributed by atoms with van der Waals surface area (Å²) in [6.45, 7) is 2.51. The number of ether oxygens (including phenoxy) is 2. The van der Waals surface area contributed by atoms with Crippen LogP contribution in [0.2, 0.25) is 0 Å². The summed E-state index contributed by atoms with van der Waals surface area (Å²) in [7, 11) is 2.08. The van der Waals surface area contributed by atoms with Crippen molar-refractivity contribution in [1.29, 1.82) is 0 Å². The van der Waals surface area contributed by atoms with Crippen molar-refractivity contribution in [3.63, 3.8) is 0 Å². The van der Waals surface area contributed by atoms with Gasteiger partial charge in [-0.1, -0.05) is 54.8 Å². The fourth-order valence-electron chi connectivity index (χ4n) is 5.25. The van der Waals surface area contributed by atoms with Crippen LogP contribution in [0.3, 0.4) is 0 Å². The van der Waals surface area contributed by atoms with Crippen LogP contribution in [-0.4, -0.2) is 70.5 Å². The van der Waals surface area contributed by atoms with Crippen LogP contribution in [0.1, 0.15) is 49.4 Å². The first-order chi connectivity index (χ1) is 16.2. The van der Waals surface area contributed by atoms with E-state index in [0.29, 0.717) is 19.8 Å². The van der Waals surface area contributed by atoms with Gasteiger partial charge in [0, 0.05) is 19.1 Å². The second kappa shape index (κ2) is 10.2. The van der Waals surface area contributed by atoms with Crippen molar-refractivity contribution in [1.82, 2.24) is 30.5 Å². The molecule has 2 aromatic rings. The lowest BCUT2D eigenvalue weighted by atomic mass is 9.96. The standard InChI is InChI=1S/C24H34N6O3/c1-29(12-17-8-4-2-5-9-17)13-19-14-30(28-27-19)21-16-33-22-20(15-32-23(21)22)26-24(31)25-18-10-6-3-7-11-18/h2,4-5,8-9,14,18,20-23H,3,6-7,10-13,15-16H2,1H3,(H2,25,26,31)/t20-,21+,22-,23+/m0/s1. The van der Waals surface area contributed by atoms with Crippen LogP contribution in [0, 0.1) is 0 Å². The summed E-state index contributed by atoms with van der Waals surface area (Å²) < 4.78 is 14.0. The van der Waals surface area contributed by atoms with Crippen molar-refractivity contribution in [2.45, 2.75) is 75.5 Å². The van der Waals surface area contributed by atoms with Gasteiger partial charge in [-0.3, -0.25) is 4.90 Å². The first kappa shape index (κ1) is 22.3. The van der Waals surface area contributed by atoms with Gasteiger partial charge in [0.1, 0.15) is 18.2 Å². The molecule has 3 aliphatic rings. The van der Waals surface area contributed by atoms with Gasteiger partial charge in [0.15, 0.2) is 0 Å². The van der Waals surface area contributed by atoms with Gasteiger partial charge in [-0.25, -0.2) is 9.48 Å². The van der Waals surface area contributed by atoms with Crippen LogP contribution in [-0.2, 0) is 22.6 Å². The van der Waals surface area contributed by atoms with Gasteiger partial charge < -0.3 is 20.1 Å². The number of nitrogens with one attached hydrogen (secondary N) is 2. The summed E-state index contributed by atoms with van der Waals surface area (Å²) in [6, 6.07) is 10.4. The average molecular weight is 455 g/mol. The van der Waals surface area contributed by atoms with Crippen molar-refractivity contribution in [2.75, 3.05) is 20.3 Å². The maximum Gasteiger partial charge on any atom is 0.315 e. The summed E-state index contributed by atoms with van der Waals surface area (Å²) in [5.41, 5.74) is 2.18. The zero-order chi connectivity index (χ0) is 22.6. The lowest BCUT2D eigenvalue weighted by Crippen LogP contribution is -2.50. The third-order valence-electron chi connectivity index (χ3n) is 6.91. The van der Waals surface area contributed by atoms with Crippen LogP contribution < -0.4 is 10.6 Å². The van der Waals surface area contributed by atoms with Crippen molar-refractivity contribution < 1.29 is 14.3 Å². The summed E-state index contributed by atoms with van der Waals surface area (Å²) in [5.74, 6) is 0. The second-order valence-electron chi connectivity index (χ2n) is 9.57. The predicted molar refractivity (Wildman–Crippen MR) is 122 cm³/mol. The van der Waals surface area contributed by atoms with Gasteiger partial charge in [-0.15, -0.1) is 5.10 Å². The zero-order valence-corrected chi connectivity index (χ0v) is 19.2. The van der Waals surface area contributed by atoms with E-state index in [2.05, 4.69) is 57.2 Å². The quantitative estimate of drug-likeness (QED) is 0.667. The average Bonchev–Trinajstić information content (AvgIpc) is 3.53. The Morgan fingerprint density at radius 3 is 2.67 bits per heavy atom. The molecule has 1 aromatic heterocycles. The number of aromatic nitrogens is 3. The van der Waals surface area contributed by atoms with Crippen LogP contribution in [0.5, 0.6) is 0 Å². The Morgan fingerprint density at radius 2 is 1.85 bits per heavy atom. The van der Waals surface area contributed by atoms with Crippen LogP contribution >= 0.6 is 0 Å². The number of rotatable bonds is 7. The molecule has 0 bridgehead atoms. The number of urea groups is 1. The number of carbonyl (C=O) groups excluding carboxylic acids is 1. The highest BCUT2D eigenvalue weighted by Gasteiger charge is 2.49. The molecule has 9 heteroatoms.